The maximum absolute atomic E-state index is 12.3. The molecule has 0 spiro atoms. The Morgan fingerprint density at radius 1 is 1.14 bits per heavy atom. The van der Waals surface area contributed by atoms with Crippen LogP contribution in [-0.2, 0) is 26.6 Å². The van der Waals surface area contributed by atoms with Crippen molar-refractivity contribution < 1.29 is 16.8 Å². The summed E-state index contributed by atoms with van der Waals surface area (Å²) in [7, 11) is -8.55. The van der Waals surface area contributed by atoms with E-state index in [0.717, 1.165) is 0 Å². The van der Waals surface area contributed by atoms with E-state index in [2.05, 4.69) is 37.0 Å². The number of aromatic nitrogens is 2. The fourth-order valence-electron chi connectivity index (χ4n) is 1.70. The molecule has 0 saturated carbocycles. The first kappa shape index (κ1) is 17.6. The minimum atomic E-state index is -4.28. The van der Waals surface area contributed by atoms with Crippen LogP contribution in [0.2, 0.25) is 0 Å². The van der Waals surface area contributed by atoms with E-state index in [1.54, 1.807) is 17.1 Å². The molecule has 1 N–H and O–H groups in total. The van der Waals surface area contributed by atoms with Gasteiger partial charge < -0.3 is 0 Å². The van der Waals surface area contributed by atoms with Gasteiger partial charge in [-0.3, -0.25) is 4.68 Å². The molecule has 0 unspecified atom stereocenters. The van der Waals surface area contributed by atoms with E-state index in [9.17, 15) is 16.8 Å². The molecule has 1 aromatic carbocycles. The summed E-state index contributed by atoms with van der Waals surface area (Å²) in [6.07, 6.45) is 1.29. The molecule has 11 heteroatoms. The van der Waals surface area contributed by atoms with Crippen molar-refractivity contribution in [3.8, 4) is 0 Å². The molecular formula is C11H11Br2N3O4S2. The van der Waals surface area contributed by atoms with Crippen LogP contribution in [0.4, 0.5) is 0 Å². The number of hydrogen-bond acceptors (Lipinski definition) is 5. The Kier molecular flexibility index (Phi) is 5.12. The predicted molar refractivity (Wildman–Crippen MR) is 87.3 cm³/mol. The van der Waals surface area contributed by atoms with Crippen LogP contribution in [0.25, 0.3) is 0 Å². The monoisotopic (exact) mass is 471 g/mol. The topological polar surface area (TPSA) is 98.1 Å². The number of nitrogens with one attached hydrogen (secondary N) is 1. The van der Waals surface area contributed by atoms with Crippen LogP contribution in [0.3, 0.4) is 0 Å². The Labute approximate surface area is 145 Å². The fourth-order valence-corrected chi connectivity index (χ4v) is 6.26. The average molecular weight is 473 g/mol. The summed E-state index contributed by atoms with van der Waals surface area (Å²) >= 11 is 6.25. The van der Waals surface area contributed by atoms with Crippen molar-refractivity contribution in [3.05, 3.63) is 39.4 Å². The van der Waals surface area contributed by atoms with Gasteiger partial charge >= 0.3 is 0 Å². The van der Waals surface area contributed by atoms with Gasteiger partial charge in [-0.1, -0.05) is 20.1 Å². The minimum absolute atomic E-state index is 0.187. The molecule has 0 fully saturated rings. The lowest BCUT2D eigenvalue weighted by atomic mass is 10.4. The van der Waals surface area contributed by atoms with Gasteiger partial charge in [-0.25, -0.2) is 16.8 Å². The molecule has 0 saturated heterocycles. The molecule has 0 aliphatic heterocycles. The van der Waals surface area contributed by atoms with Gasteiger partial charge in [0.05, 0.1) is 11.1 Å². The fraction of sp³-hybridized carbons (Fsp3) is 0.182. The van der Waals surface area contributed by atoms with E-state index < -0.39 is 20.0 Å². The molecule has 7 nitrogen and oxygen atoms in total. The molecule has 2 rings (SSSR count). The van der Waals surface area contributed by atoms with Crippen molar-refractivity contribution in [1.82, 2.24) is 13.9 Å². The average Bonchev–Trinajstić information content (AvgIpc) is 2.89. The van der Waals surface area contributed by atoms with Crippen LogP contribution in [0, 0.1) is 0 Å². The van der Waals surface area contributed by atoms with Gasteiger partial charge in [-0.15, -0.1) is 0 Å². The molecule has 2 aromatic rings. The summed E-state index contributed by atoms with van der Waals surface area (Å²) in [5.41, 5.74) is 0. The zero-order valence-corrected chi connectivity index (χ0v) is 16.0. The molecule has 0 aliphatic carbocycles. The molecule has 0 radical (unpaired) electrons. The number of sulfonamides is 2. The van der Waals surface area contributed by atoms with E-state index in [-0.39, 0.29) is 14.4 Å². The third-order valence-electron chi connectivity index (χ3n) is 2.65. The number of hydrogen-bond donors (Lipinski definition) is 1. The van der Waals surface area contributed by atoms with Crippen LogP contribution < -0.4 is 4.13 Å². The Hall–Kier alpha value is -0.750. The van der Waals surface area contributed by atoms with Gasteiger partial charge in [0.2, 0.25) is 0 Å². The summed E-state index contributed by atoms with van der Waals surface area (Å²) in [5.74, 6) is 0. The highest BCUT2D eigenvalue weighted by Gasteiger charge is 2.28. The number of halogens is 2. The Morgan fingerprint density at radius 2 is 1.82 bits per heavy atom. The van der Waals surface area contributed by atoms with Crippen LogP contribution in [0.1, 0.15) is 6.92 Å². The molecule has 0 atom stereocenters. The van der Waals surface area contributed by atoms with Crippen molar-refractivity contribution in [2.45, 2.75) is 23.4 Å². The molecular weight excluding hydrogens is 462 g/mol. The van der Waals surface area contributed by atoms with Crippen molar-refractivity contribution in [1.29, 1.82) is 0 Å². The van der Waals surface area contributed by atoms with Crippen LogP contribution >= 0.6 is 31.9 Å². The molecule has 1 aromatic heterocycles. The summed E-state index contributed by atoms with van der Waals surface area (Å²) in [6.45, 7) is 2.00. The lowest BCUT2D eigenvalue weighted by Crippen LogP contribution is -2.32. The SMILES string of the molecule is CCn1nccc1S(=O)(=O)NS(=O)(=O)c1cc(Br)ccc1Br. The third-order valence-corrected chi connectivity index (χ3v) is 7.67. The van der Waals surface area contributed by atoms with E-state index >= 15 is 0 Å². The highest BCUT2D eigenvalue weighted by Crippen LogP contribution is 2.26. The number of nitrogens with zero attached hydrogens (tertiary/aromatic N) is 2. The number of rotatable bonds is 5. The molecule has 0 amide bonds. The summed E-state index contributed by atoms with van der Waals surface area (Å²) < 4.78 is 52.9. The second kappa shape index (κ2) is 6.40. The normalized spacial score (nSPS) is 12.5. The van der Waals surface area contributed by atoms with Crippen LogP contribution in [-0.4, -0.2) is 26.6 Å². The molecule has 1 heterocycles. The first-order valence-electron chi connectivity index (χ1n) is 5.93. The summed E-state index contributed by atoms with van der Waals surface area (Å²) in [6, 6.07) is 5.67. The van der Waals surface area contributed by atoms with Crippen molar-refractivity contribution >= 4 is 51.9 Å². The Balaban J connectivity index is 2.46. The maximum atomic E-state index is 12.3. The van der Waals surface area contributed by atoms with E-state index in [0.29, 0.717) is 11.0 Å². The molecule has 0 aliphatic rings. The van der Waals surface area contributed by atoms with Gasteiger partial charge in [0.15, 0.2) is 5.03 Å². The van der Waals surface area contributed by atoms with Crippen molar-refractivity contribution in [2.75, 3.05) is 0 Å². The summed E-state index contributed by atoms with van der Waals surface area (Å²) in [4.78, 5) is -0.187. The lowest BCUT2D eigenvalue weighted by Gasteiger charge is -2.10. The quantitative estimate of drug-likeness (QED) is 0.718. The van der Waals surface area contributed by atoms with E-state index in [1.807, 2.05) is 0 Å². The largest absolute Gasteiger partial charge is 0.270 e. The third kappa shape index (κ3) is 3.59. The maximum Gasteiger partial charge on any atom is 0.270 e. The van der Waals surface area contributed by atoms with Crippen molar-refractivity contribution in [3.63, 3.8) is 0 Å². The zero-order valence-electron chi connectivity index (χ0n) is 11.2. The van der Waals surface area contributed by atoms with Crippen molar-refractivity contribution in [2.24, 2.45) is 0 Å². The zero-order chi connectivity index (χ0) is 16.5. The lowest BCUT2D eigenvalue weighted by molar-refractivity contribution is 0.548. The van der Waals surface area contributed by atoms with Gasteiger partial charge in [0.25, 0.3) is 20.0 Å². The van der Waals surface area contributed by atoms with Gasteiger partial charge in [0, 0.05) is 15.5 Å². The van der Waals surface area contributed by atoms with E-state index in [4.69, 9.17) is 0 Å². The van der Waals surface area contributed by atoms with Gasteiger partial charge in [-0.05, 0) is 47.1 Å². The highest BCUT2D eigenvalue weighted by atomic mass is 79.9. The van der Waals surface area contributed by atoms with E-state index in [1.165, 1.54) is 29.1 Å². The van der Waals surface area contributed by atoms with Crippen LogP contribution in [0.5, 0.6) is 0 Å². The Bertz CT molecular complexity index is 907. The van der Waals surface area contributed by atoms with Crippen LogP contribution in [0.15, 0.2) is 49.3 Å². The highest BCUT2D eigenvalue weighted by molar-refractivity contribution is 9.11. The number of benzene rings is 1. The Morgan fingerprint density at radius 3 is 2.45 bits per heavy atom. The number of aryl methyl sites for hydroxylation is 1. The second-order valence-corrected chi connectivity index (χ2v) is 9.46. The second-order valence-electron chi connectivity index (χ2n) is 4.15. The van der Waals surface area contributed by atoms with Gasteiger partial charge in [-0.2, -0.15) is 5.10 Å². The minimum Gasteiger partial charge on any atom is -0.253 e. The molecule has 22 heavy (non-hydrogen) atoms. The smallest absolute Gasteiger partial charge is 0.253 e. The van der Waals surface area contributed by atoms with Gasteiger partial charge in [0.1, 0.15) is 0 Å². The first-order chi connectivity index (χ1) is 10.2. The molecule has 0 bridgehead atoms. The summed E-state index contributed by atoms with van der Waals surface area (Å²) in [5, 5.41) is 3.60. The predicted octanol–water partition coefficient (Wildman–Crippen LogP) is 2.10. The molecule has 120 valence electrons. The standard InChI is InChI=1S/C11H11Br2N3O4S2/c1-2-16-11(5-6-14-16)22(19,20)15-21(17,18)10-7-8(12)3-4-9(10)13/h3-7,15H,2H2,1H3. The first-order valence-corrected chi connectivity index (χ1v) is 10.5.